The maximum absolute atomic E-state index is 11.6. The number of hydrogen-bond donors (Lipinski definition) is 0. The van der Waals surface area contributed by atoms with E-state index in [4.69, 9.17) is 4.74 Å². The molecule has 1 heterocycles. The minimum Gasteiger partial charge on any atom is -0.464 e. The smallest absolute Gasteiger partial charge is 0.375 e. The summed E-state index contributed by atoms with van der Waals surface area (Å²) in [6, 6.07) is -0.0445. The zero-order valence-corrected chi connectivity index (χ0v) is 10.8. The van der Waals surface area contributed by atoms with Gasteiger partial charge in [0.1, 0.15) is 6.54 Å². The van der Waals surface area contributed by atoms with Gasteiger partial charge >= 0.3 is 5.97 Å². The first-order valence-electron chi connectivity index (χ1n) is 4.81. The zero-order chi connectivity index (χ0) is 10.5. The minimum absolute atomic E-state index is 0.0445. The second-order valence-corrected chi connectivity index (χ2v) is 5.27. The molecule has 2 aliphatic rings. The molecule has 1 saturated heterocycles. The first kappa shape index (κ1) is 10.4. The van der Waals surface area contributed by atoms with Gasteiger partial charge in [0.25, 0.3) is 6.04 Å². The van der Waals surface area contributed by atoms with E-state index in [9.17, 15) is 4.79 Å². The average molecular weight is 308 g/mol. The van der Waals surface area contributed by atoms with E-state index in [2.05, 4.69) is 41.0 Å². The highest BCUT2D eigenvalue weighted by molar-refractivity contribution is 14.1. The van der Waals surface area contributed by atoms with Gasteiger partial charge in [-0.25, -0.2) is 9.37 Å². The molecular weight excluding hydrogens is 293 g/mol. The van der Waals surface area contributed by atoms with Crippen molar-refractivity contribution in [2.45, 2.75) is 19.9 Å². The quantitative estimate of drug-likeness (QED) is 0.415. The Kier molecular flexibility index (Phi) is 2.36. The Hall–Kier alpha value is -0.130. The van der Waals surface area contributed by atoms with Crippen molar-refractivity contribution in [1.29, 1.82) is 0 Å². The van der Waals surface area contributed by atoms with Gasteiger partial charge in [-0.05, 0) is 5.41 Å². The molecule has 3 atom stereocenters. The highest BCUT2D eigenvalue weighted by Crippen LogP contribution is 2.63. The van der Waals surface area contributed by atoms with Gasteiger partial charge in [-0.15, -0.1) is 0 Å². The van der Waals surface area contributed by atoms with E-state index in [1.54, 1.807) is 0 Å². The lowest BCUT2D eigenvalue weighted by Crippen LogP contribution is -2.36. The molecule has 78 valence electrons. The maximum Gasteiger partial charge on any atom is 0.375 e. The third-order valence-corrected chi connectivity index (χ3v) is 4.53. The van der Waals surface area contributed by atoms with E-state index in [0.717, 1.165) is 6.54 Å². The van der Waals surface area contributed by atoms with Crippen molar-refractivity contribution in [1.82, 2.24) is 0 Å². The fourth-order valence-electron chi connectivity index (χ4n) is 2.81. The summed E-state index contributed by atoms with van der Waals surface area (Å²) in [5, 5.41) is 0. The Bertz CT molecular complexity index is 311. The SMILES string of the molecule is COC(=O)[C@@H]1C2C(C[N+]1=CI)C2(C)C. The van der Waals surface area contributed by atoms with Crippen LogP contribution in [-0.4, -0.2) is 34.5 Å². The van der Waals surface area contributed by atoms with E-state index in [1.165, 1.54) is 7.11 Å². The third kappa shape index (κ3) is 1.22. The molecule has 14 heavy (non-hydrogen) atoms. The average Bonchev–Trinajstić information content (AvgIpc) is 2.57. The van der Waals surface area contributed by atoms with Crippen molar-refractivity contribution in [3.8, 4) is 0 Å². The molecule has 1 aliphatic carbocycles. The third-order valence-electron chi connectivity index (χ3n) is 3.81. The number of esters is 1. The summed E-state index contributed by atoms with van der Waals surface area (Å²) >= 11 is 2.19. The van der Waals surface area contributed by atoms with Crippen LogP contribution in [0.25, 0.3) is 0 Å². The number of carbonyl (C=O) groups excluding carboxylic acids is 1. The lowest BCUT2D eigenvalue weighted by molar-refractivity contribution is -0.539. The van der Waals surface area contributed by atoms with Gasteiger partial charge in [0.15, 0.2) is 0 Å². The number of ether oxygens (including phenoxy) is 1. The Morgan fingerprint density at radius 2 is 2.29 bits per heavy atom. The molecule has 4 heteroatoms. The van der Waals surface area contributed by atoms with Crippen LogP contribution in [0, 0.1) is 17.3 Å². The molecule has 0 aromatic rings. The second-order valence-electron chi connectivity index (χ2n) is 4.72. The van der Waals surface area contributed by atoms with Crippen LogP contribution < -0.4 is 0 Å². The molecule has 0 N–H and O–H groups in total. The Labute approximate surface area is 97.7 Å². The van der Waals surface area contributed by atoms with Crippen molar-refractivity contribution in [2.75, 3.05) is 13.7 Å². The second kappa shape index (κ2) is 3.18. The number of carbonyl (C=O) groups is 1. The number of piperidine rings is 1. The zero-order valence-electron chi connectivity index (χ0n) is 8.66. The van der Waals surface area contributed by atoms with Gasteiger partial charge in [-0.3, -0.25) is 0 Å². The summed E-state index contributed by atoms with van der Waals surface area (Å²) in [4.78, 5) is 11.6. The number of methoxy groups -OCH3 is 1. The molecule has 0 bridgehead atoms. The summed E-state index contributed by atoms with van der Waals surface area (Å²) in [6.07, 6.45) is 0. The van der Waals surface area contributed by atoms with Crippen molar-refractivity contribution >= 4 is 32.8 Å². The van der Waals surface area contributed by atoms with Crippen molar-refractivity contribution in [3.05, 3.63) is 0 Å². The monoisotopic (exact) mass is 308 g/mol. The van der Waals surface area contributed by atoms with Crippen molar-refractivity contribution < 1.29 is 14.1 Å². The number of fused-ring (bicyclic) bond motifs is 1. The van der Waals surface area contributed by atoms with Crippen LogP contribution in [0.1, 0.15) is 13.8 Å². The molecule has 2 fully saturated rings. The molecule has 0 spiro atoms. The summed E-state index contributed by atoms with van der Waals surface area (Å²) < 4.78 is 8.93. The van der Waals surface area contributed by atoms with E-state index in [0.29, 0.717) is 17.3 Å². The number of rotatable bonds is 1. The lowest BCUT2D eigenvalue weighted by Gasteiger charge is -2.13. The number of nitrogens with zero attached hydrogens (tertiary/aromatic N) is 1. The molecule has 0 aromatic heterocycles. The van der Waals surface area contributed by atoms with Gasteiger partial charge in [0.2, 0.25) is 4.22 Å². The molecule has 0 aromatic carbocycles. The summed E-state index contributed by atoms with van der Waals surface area (Å²) in [7, 11) is 1.47. The lowest BCUT2D eigenvalue weighted by atomic mass is 10.0. The predicted molar refractivity (Wildman–Crippen MR) is 61.8 cm³/mol. The first-order chi connectivity index (χ1) is 6.54. The summed E-state index contributed by atoms with van der Waals surface area (Å²) in [5.41, 5.74) is 0.328. The molecular formula is C10H15INO2+. The van der Waals surface area contributed by atoms with Crippen LogP contribution in [0.2, 0.25) is 0 Å². The first-order valence-corrected chi connectivity index (χ1v) is 6.05. The molecule has 1 aliphatic heterocycles. The normalized spacial score (nSPS) is 40.9. The molecule has 0 amide bonds. The van der Waals surface area contributed by atoms with Crippen molar-refractivity contribution in [2.24, 2.45) is 17.3 Å². The van der Waals surface area contributed by atoms with Crippen LogP contribution in [0.4, 0.5) is 0 Å². The Balaban J connectivity index is 2.24. The fourth-order valence-corrected chi connectivity index (χ4v) is 3.39. The molecule has 2 unspecified atom stereocenters. The van der Waals surface area contributed by atoms with E-state index in [1.807, 2.05) is 4.22 Å². The van der Waals surface area contributed by atoms with Gasteiger partial charge in [0, 0.05) is 34.4 Å². The van der Waals surface area contributed by atoms with Gasteiger partial charge in [-0.2, -0.15) is 0 Å². The minimum atomic E-state index is -0.0870. The number of hydrogen-bond acceptors (Lipinski definition) is 2. The maximum atomic E-state index is 11.6. The highest BCUT2D eigenvalue weighted by Gasteiger charge is 2.73. The topological polar surface area (TPSA) is 29.3 Å². The molecule has 1 saturated carbocycles. The highest BCUT2D eigenvalue weighted by atomic mass is 127. The summed E-state index contributed by atoms with van der Waals surface area (Å²) in [5.74, 6) is 1.06. The molecule has 2 rings (SSSR count). The Morgan fingerprint density at radius 3 is 2.79 bits per heavy atom. The Morgan fingerprint density at radius 1 is 1.64 bits per heavy atom. The van der Waals surface area contributed by atoms with Crippen molar-refractivity contribution in [3.63, 3.8) is 0 Å². The van der Waals surface area contributed by atoms with Crippen LogP contribution in [0.15, 0.2) is 0 Å². The molecule has 3 nitrogen and oxygen atoms in total. The van der Waals surface area contributed by atoms with Crippen LogP contribution >= 0.6 is 22.6 Å². The predicted octanol–water partition coefficient (Wildman–Crippen LogP) is 1.29. The number of halogens is 1. The van der Waals surface area contributed by atoms with Gasteiger partial charge in [-0.1, -0.05) is 13.8 Å². The van der Waals surface area contributed by atoms with Gasteiger partial charge in [0.05, 0.1) is 7.11 Å². The fraction of sp³-hybridized carbons (Fsp3) is 0.800. The standard InChI is InChI=1S/C10H15INO2/c1-10(2)6-4-12(5-11)8(7(6)10)9(13)14-3/h5-8H,4H2,1-3H3/q+1/t6?,7?,8-/m0/s1. The van der Waals surface area contributed by atoms with Gasteiger partial charge < -0.3 is 4.74 Å². The van der Waals surface area contributed by atoms with Crippen LogP contribution in [0.3, 0.4) is 0 Å². The molecule has 0 radical (unpaired) electrons. The summed E-state index contributed by atoms with van der Waals surface area (Å²) in [6.45, 7) is 5.48. The van der Waals surface area contributed by atoms with E-state index in [-0.39, 0.29) is 12.0 Å². The van der Waals surface area contributed by atoms with Crippen LogP contribution in [0.5, 0.6) is 0 Å². The van der Waals surface area contributed by atoms with Crippen LogP contribution in [-0.2, 0) is 9.53 Å². The largest absolute Gasteiger partial charge is 0.464 e. The van der Waals surface area contributed by atoms with E-state index < -0.39 is 0 Å². The van der Waals surface area contributed by atoms with E-state index >= 15 is 0 Å².